The molecule has 7 heteroatoms. The Labute approximate surface area is 142 Å². The average molecular weight is 338 g/mol. The Morgan fingerprint density at radius 3 is 2.62 bits per heavy atom. The normalized spacial score (nSPS) is 21.0. The molecule has 2 amide bonds. The third-order valence-corrected chi connectivity index (χ3v) is 3.76. The maximum Gasteiger partial charge on any atom is 0.411 e. The van der Waals surface area contributed by atoms with E-state index in [0.717, 1.165) is 5.76 Å². The zero-order valence-electron chi connectivity index (χ0n) is 14.9. The Hall–Kier alpha value is -2.02. The monoisotopic (exact) mass is 338 g/mol. The lowest BCUT2D eigenvalue weighted by Gasteiger charge is -2.29. The molecule has 0 aromatic carbocycles. The van der Waals surface area contributed by atoms with E-state index in [9.17, 15) is 14.7 Å². The number of carbonyl (C=O) groups excluding carboxylic acids is 2. The summed E-state index contributed by atoms with van der Waals surface area (Å²) in [6, 6.07) is 2.92. The summed E-state index contributed by atoms with van der Waals surface area (Å²) in [5, 5.41) is 9.90. The first-order chi connectivity index (χ1) is 11.1. The molecule has 7 nitrogen and oxygen atoms in total. The predicted octanol–water partition coefficient (Wildman–Crippen LogP) is 1.92. The molecule has 2 heterocycles. The molecule has 1 saturated heterocycles. The van der Waals surface area contributed by atoms with Crippen LogP contribution in [-0.4, -0.2) is 58.2 Å². The van der Waals surface area contributed by atoms with Gasteiger partial charge in [-0.15, -0.1) is 0 Å². The van der Waals surface area contributed by atoms with Crippen LogP contribution in [0.25, 0.3) is 0 Å². The lowest BCUT2D eigenvalue weighted by Crippen LogP contribution is -2.47. The Kier molecular flexibility index (Phi) is 5.22. The Bertz CT molecular complexity index is 604. The fourth-order valence-electron chi connectivity index (χ4n) is 2.71. The van der Waals surface area contributed by atoms with Crippen molar-refractivity contribution >= 4 is 12.0 Å². The van der Waals surface area contributed by atoms with Crippen LogP contribution in [0.2, 0.25) is 0 Å². The van der Waals surface area contributed by atoms with Gasteiger partial charge in [-0.05, 0) is 39.8 Å². The summed E-state index contributed by atoms with van der Waals surface area (Å²) in [4.78, 5) is 27.8. The van der Waals surface area contributed by atoms with Gasteiger partial charge in [0.2, 0.25) is 5.91 Å². The number of aryl methyl sites for hydroxylation is 1. The molecule has 2 rings (SSSR count). The average Bonchev–Trinajstić information content (AvgIpc) is 3.02. The third-order valence-electron chi connectivity index (χ3n) is 3.76. The molecule has 1 aliphatic heterocycles. The van der Waals surface area contributed by atoms with Gasteiger partial charge in [0.15, 0.2) is 0 Å². The number of rotatable bonds is 3. The van der Waals surface area contributed by atoms with Gasteiger partial charge in [-0.1, -0.05) is 0 Å². The van der Waals surface area contributed by atoms with E-state index in [0.29, 0.717) is 12.3 Å². The van der Waals surface area contributed by atoms with Crippen molar-refractivity contribution in [3.8, 4) is 0 Å². The number of ether oxygens (including phenoxy) is 1. The first kappa shape index (κ1) is 18.3. The standard InChI is InChI=1S/C17H26N2O5/c1-11-6-7-13(23-11)10-18(5)15(21)14-8-12(20)9-19(14)16(22)24-17(2,3)4/h6-7,12,14,20H,8-10H2,1-5H3/t12-,14+/m0/s1. The van der Waals surface area contributed by atoms with Gasteiger partial charge in [-0.2, -0.15) is 0 Å². The molecule has 0 aliphatic carbocycles. The molecule has 0 saturated carbocycles. The summed E-state index contributed by atoms with van der Waals surface area (Å²) in [6.45, 7) is 7.53. The number of nitrogens with zero attached hydrogens (tertiary/aromatic N) is 2. The van der Waals surface area contributed by atoms with Gasteiger partial charge in [0, 0.05) is 13.5 Å². The predicted molar refractivity (Wildman–Crippen MR) is 87.3 cm³/mol. The summed E-state index contributed by atoms with van der Waals surface area (Å²) in [7, 11) is 1.65. The number of likely N-dealkylation sites (N-methyl/N-ethyl adjacent to an activating group) is 1. The molecule has 2 atom stereocenters. The van der Waals surface area contributed by atoms with Crippen LogP contribution in [0.1, 0.15) is 38.7 Å². The number of hydrogen-bond acceptors (Lipinski definition) is 5. The minimum atomic E-state index is -0.731. The molecule has 0 bridgehead atoms. The molecule has 24 heavy (non-hydrogen) atoms. The number of amides is 2. The van der Waals surface area contributed by atoms with Crippen LogP contribution in [-0.2, 0) is 16.1 Å². The van der Waals surface area contributed by atoms with Crippen molar-refractivity contribution in [1.82, 2.24) is 9.80 Å². The summed E-state index contributed by atoms with van der Waals surface area (Å²) < 4.78 is 10.8. The van der Waals surface area contributed by atoms with Crippen LogP contribution >= 0.6 is 0 Å². The summed E-state index contributed by atoms with van der Waals surface area (Å²) in [5.41, 5.74) is -0.657. The topological polar surface area (TPSA) is 83.2 Å². The van der Waals surface area contributed by atoms with Crippen molar-refractivity contribution in [3.05, 3.63) is 23.7 Å². The Balaban J connectivity index is 2.06. The van der Waals surface area contributed by atoms with Crippen LogP contribution in [0.3, 0.4) is 0 Å². The van der Waals surface area contributed by atoms with Crippen molar-refractivity contribution < 1.29 is 23.8 Å². The summed E-state index contributed by atoms with van der Waals surface area (Å²) in [6.07, 6.45) is -1.11. The maximum atomic E-state index is 12.7. The fraction of sp³-hybridized carbons (Fsp3) is 0.647. The molecule has 1 fully saturated rings. The van der Waals surface area contributed by atoms with Crippen molar-refractivity contribution in [3.63, 3.8) is 0 Å². The van der Waals surface area contributed by atoms with E-state index in [4.69, 9.17) is 9.15 Å². The second-order valence-corrected chi connectivity index (χ2v) is 7.24. The highest BCUT2D eigenvalue weighted by Crippen LogP contribution is 2.23. The van der Waals surface area contributed by atoms with Gasteiger partial charge in [-0.3, -0.25) is 9.69 Å². The van der Waals surface area contributed by atoms with Gasteiger partial charge < -0.3 is 19.2 Å². The van der Waals surface area contributed by atoms with E-state index in [2.05, 4.69) is 0 Å². The van der Waals surface area contributed by atoms with E-state index in [1.165, 1.54) is 9.80 Å². The summed E-state index contributed by atoms with van der Waals surface area (Å²) in [5.74, 6) is 1.20. The van der Waals surface area contributed by atoms with Crippen molar-refractivity contribution in [2.24, 2.45) is 0 Å². The zero-order valence-corrected chi connectivity index (χ0v) is 14.9. The maximum absolute atomic E-state index is 12.7. The molecule has 1 N–H and O–H groups in total. The largest absolute Gasteiger partial charge is 0.464 e. The van der Waals surface area contributed by atoms with E-state index in [-0.39, 0.29) is 18.9 Å². The first-order valence-corrected chi connectivity index (χ1v) is 8.05. The number of aliphatic hydroxyl groups excluding tert-OH is 1. The highest BCUT2D eigenvalue weighted by Gasteiger charge is 2.42. The van der Waals surface area contributed by atoms with Crippen LogP contribution < -0.4 is 0 Å². The number of likely N-dealkylation sites (tertiary alicyclic amines) is 1. The van der Waals surface area contributed by atoms with Crippen molar-refractivity contribution in [2.45, 2.75) is 58.4 Å². The molecule has 1 aromatic rings. The second kappa shape index (κ2) is 6.84. The lowest BCUT2D eigenvalue weighted by atomic mass is 10.1. The van der Waals surface area contributed by atoms with E-state index in [1.54, 1.807) is 27.8 Å². The SMILES string of the molecule is Cc1ccc(CN(C)C(=O)[C@H]2C[C@H](O)CN2C(=O)OC(C)(C)C)o1. The Morgan fingerprint density at radius 2 is 2.08 bits per heavy atom. The second-order valence-electron chi connectivity index (χ2n) is 7.24. The minimum absolute atomic E-state index is 0.0963. The van der Waals surface area contributed by atoms with Crippen LogP contribution in [0.5, 0.6) is 0 Å². The van der Waals surface area contributed by atoms with Crippen LogP contribution in [0, 0.1) is 6.92 Å². The number of aliphatic hydroxyl groups is 1. The smallest absolute Gasteiger partial charge is 0.411 e. The molecule has 1 aromatic heterocycles. The molecule has 0 radical (unpaired) electrons. The van der Waals surface area contributed by atoms with Gasteiger partial charge in [-0.25, -0.2) is 4.79 Å². The number of hydrogen-bond donors (Lipinski definition) is 1. The van der Waals surface area contributed by atoms with Crippen LogP contribution in [0.4, 0.5) is 4.79 Å². The van der Waals surface area contributed by atoms with Crippen LogP contribution in [0.15, 0.2) is 16.5 Å². The van der Waals surface area contributed by atoms with Crippen molar-refractivity contribution in [2.75, 3.05) is 13.6 Å². The molecular weight excluding hydrogens is 312 g/mol. The molecule has 1 aliphatic rings. The molecule has 0 unspecified atom stereocenters. The lowest BCUT2D eigenvalue weighted by molar-refractivity contribution is -0.135. The minimum Gasteiger partial charge on any atom is -0.464 e. The quantitative estimate of drug-likeness (QED) is 0.910. The highest BCUT2D eigenvalue weighted by atomic mass is 16.6. The van der Waals surface area contributed by atoms with Gasteiger partial charge >= 0.3 is 6.09 Å². The molecule has 0 spiro atoms. The number of carbonyl (C=O) groups is 2. The van der Waals surface area contributed by atoms with E-state index >= 15 is 0 Å². The highest BCUT2D eigenvalue weighted by molar-refractivity contribution is 5.86. The third kappa shape index (κ3) is 4.50. The van der Waals surface area contributed by atoms with Crippen molar-refractivity contribution in [1.29, 1.82) is 0 Å². The number of β-amino-alcohol motifs (C(OH)–C–C–N with tert-alkyl or cyclic N) is 1. The number of furan rings is 1. The zero-order chi connectivity index (χ0) is 18.1. The van der Waals surface area contributed by atoms with E-state index in [1.807, 2.05) is 19.1 Å². The summed E-state index contributed by atoms with van der Waals surface area (Å²) >= 11 is 0. The first-order valence-electron chi connectivity index (χ1n) is 8.05. The van der Waals surface area contributed by atoms with Gasteiger partial charge in [0.05, 0.1) is 19.2 Å². The Morgan fingerprint density at radius 1 is 1.42 bits per heavy atom. The molecule has 134 valence electrons. The fourth-order valence-corrected chi connectivity index (χ4v) is 2.71. The van der Waals surface area contributed by atoms with E-state index < -0.39 is 23.8 Å². The van der Waals surface area contributed by atoms with Gasteiger partial charge in [0.25, 0.3) is 0 Å². The van der Waals surface area contributed by atoms with Gasteiger partial charge in [0.1, 0.15) is 23.2 Å². The molecular formula is C17H26N2O5.